The lowest BCUT2D eigenvalue weighted by Gasteiger charge is -2.25. The number of amides is 2. The Morgan fingerprint density at radius 2 is 1.50 bits per heavy atom. The maximum atomic E-state index is 13.5. The molecule has 0 saturated carbocycles. The summed E-state index contributed by atoms with van der Waals surface area (Å²) in [6.45, 7) is 2.01. The highest BCUT2D eigenvalue weighted by Gasteiger charge is 2.32. The third-order valence-electron chi connectivity index (χ3n) is 7.20. The van der Waals surface area contributed by atoms with Crippen LogP contribution in [0.4, 0.5) is 10.5 Å². The molecule has 0 fully saturated rings. The van der Waals surface area contributed by atoms with Crippen LogP contribution in [0.25, 0.3) is 11.1 Å². The minimum Gasteiger partial charge on any atom is -0.478 e. The number of aromatic carboxylic acids is 1. The predicted molar refractivity (Wildman–Crippen MR) is 167 cm³/mol. The van der Waals surface area contributed by atoms with Gasteiger partial charge in [-0.1, -0.05) is 78.9 Å². The second-order valence-corrected chi connectivity index (χ2v) is 11.1. The van der Waals surface area contributed by atoms with Gasteiger partial charge in [-0.3, -0.25) is 4.79 Å². The van der Waals surface area contributed by atoms with Gasteiger partial charge < -0.3 is 25.2 Å². The smallest absolute Gasteiger partial charge is 0.407 e. The van der Waals surface area contributed by atoms with Crippen molar-refractivity contribution in [3.05, 3.63) is 123 Å². The molecule has 2 amide bonds. The van der Waals surface area contributed by atoms with Gasteiger partial charge in [-0.15, -0.1) is 0 Å². The Balaban J connectivity index is 1.31. The van der Waals surface area contributed by atoms with Gasteiger partial charge in [0.15, 0.2) is 0 Å². The third kappa shape index (κ3) is 6.63. The van der Waals surface area contributed by atoms with Crippen LogP contribution in [0.5, 0.6) is 0 Å². The lowest BCUT2D eigenvalue weighted by molar-refractivity contribution is -0.122. The van der Waals surface area contributed by atoms with E-state index in [1.807, 2.05) is 89.3 Å². The van der Waals surface area contributed by atoms with Crippen molar-refractivity contribution in [2.45, 2.75) is 31.6 Å². The summed E-state index contributed by atoms with van der Waals surface area (Å²) in [5.74, 6) is -1.82. The molecule has 0 radical (unpaired) electrons. The minimum absolute atomic E-state index is 0.0279. The first-order chi connectivity index (χ1) is 20.3. The van der Waals surface area contributed by atoms with E-state index in [1.54, 1.807) is 13.0 Å². The summed E-state index contributed by atoms with van der Waals surface area (Å²) in [7, 11) is 0. The van der Waals surface area contributed by atoms with Gasteiger partial charge in [0, 0.05) is 9.49 Å². The number of benzene rings is 4. The number of nitrogens with one attached hydrogen (secondary N) is 2. The maximum Gasteiger partial charge on any atom is 0.407 e. The number of alkyl carbamates (subject to hydrolysis) is 1. The summed E-state index contributed by atoms with van der Waals surface area (Å²) < 4.78 is 12.3. The summed E-state index contributed by atoms with van der Waals surface area (Å²) in [6.07, 6.45) is -1.51. The van der Waals surface area contributed by atoms with Gasteiger partial charge in [-0.2, -0.15) is 0 Å². The number of hydrogen-bond donors (Lipinski definition) is 3. The first kappa shape index (κ1) is 29.3. The Labute approximate surface area is 257 Å². The van der Waals surface area contributed by atoms with Gasteiger partial charge in [-0.05, 0) is 75.5 Å². The van der Waals surface area contributed by atoms with Crippen LogP contribution in [0.3, 0.4) is 0 Å². The average molecular weight is 677 g/mol. The van der Waals surface area contributed by atoms with Gasteiger partial charge in [0.05, 0.1) is 24.0 Å². The molecule has 42 heavy (non-hydrogen) atoms. The number of fused-ring (bicyclic) bond motifs is 3. The molecule has 4 aromatic rings. The molecule has 3 N–H and O–H groups in total. The number of anilines is 1. The van der Waals surface area contributed by atoms with Crippen LogP contribution in [0.15, 0.2) is 97.1 Å². The van der Waals surface area contributed by atoms with E-state index in [-0.39, 0.29) is 24.7 Å². The molecule has 0 bridgehead atoms. The SMILES string of the molecule is CC(OCc1ccccc1)C(NC(=O)OCC1c2ccccc2-c2ccccc21)C(=O)Nc1cc(C(=O)O)ccc1I. The standard InChI is InChI=1S/C33H29IN2O6/c1-20(41-18-21-9-3-2-4-10-21)30(31(37)35-29-17-22(32(38)39)15-16-28(29)34)36-33(40)42-19-27-25-13-7-5-11-23(25)24-12-6-8-14-26(24)27/h2-17,20,27,30H,18-19H2,1H3,(H,35,37)(H,36,40)(H,38,39). The molecule has 0 heterocycles. The number of rotatable bonds is 10. The van der Waals surface area contributed by atoms with Gasteiger partial charge in [0.2, 0.25) is 5.91 Å². The van der Waals surface area contributed by atoms with Crippen LogP contribution < -0.4 is 10.6 Å². The van der Waals surface area contributed by atoms with Gasteiger partial charge >= 0.3 is 12.1 Å². The zero-order valence-electron chi connectivity index (χ0n) is 22.8. The number of carboxylic acid groups (broad SMARTS) is 1. The van der Waals surface area contributed by atoms with E-state index in [0.717, 1.165) is 27.8 Å². The number of hydrogen-bond acceptors (Lipinski definition) is 5. The van der Waals surface area contributed by atoms with E-state index < -0.39 is 30.1 Å². The van der Waals surface area contributed by atoms with Gasteiger partial charge in [0.1, 0.15) is 12.6 Å². The van der Waals surface area contributed by atoms with Crippen molar-refractivity contribution in [2.24, 2.45) is 0 Å². The topological polar surface area (TPSA) is 114 Å². The van der Waals surface area contributed by atoms with E-state index in [1.165, 1.54) is 12.1 Å². The predicted octanol–water partition coefficient (Wildman–Crippen LogP) is 6.44. The average Bonchev–Trinajstić information content (AvgIpc) is 3.32. The highest BCUT2D eigenvalue weighted by atomic mass is 127. The van der Waals surface area contributed by atoms with E-state index in [2.05, 4.69) is 22.8 Å². The fourth-order valence-electron chi connectivity index (χ4n) is 5.03. The molecule has 0 aromatic heterocycles. The van der Waals surface area contributed by atoms with Crippen molar-refractivity contribution in [1.82, 2.24) is 5.32 Å². The van der Waals surface area contributed by atoms with E-state index in [0.29, 0.717) is 9.26 Å². The molecule has 2 atom stereocenters. The Morgan fingerprint density at radius 3 is 2.14 bits per heavy atom. The first-order valence-electron chi connectivity index (χ1n) is 13.4. The molecular formula is C33H29IN2O6. The van der Waals surface area contributed by atoms with E-state index >= 15 is 0 Å². The highest BCUT2D eigenvalue weighted by Crippen LogP contribution is 2.44. The lowest BCUT2D eigenvalue weighted by atomic mass is 9.98. The summed E-state index contributed by atoms with van der Waals surface area (Å²) in [5.41, 5.74) is 5.63. The van der Waals surface area contributed by atoms with Crippen LogP contribution in [-0.2, 0) is 20.9 Å². The lowest BCUT2D eigenvalue weighted by Crippen LogP contribution is -2.51. The number of carbonyl (C=O) groups is 3. The molecule has 8 nitrogen and oxygen atoms in total. The monoisotopic (exact) mass is 676 g/mol. The zero-order chi connectivity index (χ0) is 29.6. The Morgan fingerprint density at radius 1 is 0.881 bits per heavy atom. The third-order valence-corrected chi connectivity index (χ3v) is 8.14. The molecule has 0 aliphatic heterocycles. The Bertz CT molecular complexity index is 1560. The van der Waals surface area contributed by atoms with E-state index in [9.17, 15) is 19.5 Å². The van der Waals surface area contributed by atoms with Gasteiger partial charge in [-0.25, -0.2) is 9.59 Å². The van der Waals surface area contributed by atoms with Crippen molar-refractivity contribution < 1.29 is 29.0 Å². The van der Waals surface area contributed by atoms with Crippen LogP contribution >= 0.6 is 22.6 Å². The molecule has 2 unspecified atom stereocenters. The molecule has 1 aliphatic carbocycles. The Hall–Kier alpha value is -4.22. The van der Waals surface area contributed by atoms with Crippen molar-refractivity contribution in [2.75, 3.05) is 11.9 Å². The number of halogens is 1. The number of ether oxygens (including phenoxy) is 2. The highest BCUT2D eigenvalue weighted by molar-refractivity contribution is 14.1. The van der Waals surface area contributed by atoms with Crippen LogP contribution in [-0.4, -0.2) is 41.8 Å². The molecule has 9 heteroatoms. The summed E-state index contributed by atoms with van der Waals surface area (Å²) in [5, 5.41) is 14.8. The zero-order valence-corrected chi connectivity index (χ0v) is 24.9. The first-order valence-corrected chi connectivity index (χ1v) is 14.5. The van der Waals surface area contributed by atoms with Crippen molar-refractivity contribution in [3.63, 3.8) is 0 Å². The molecule has 5 rings (SSSR count). The molecule has 0 spiro atoms. The fourth-order valence-corrected chi connectivity index (χ4v) is 5.50. The summed E-state index contributed by atoms with van der Waals surface area (Å²) >= 11 is 2.01. The Kier molecular flexibility index (Phi) is 9.19. The second kappa shape index (κ2) is 13.2. The van der Waals surface area contributed by atoms with Crippen molar-refractivity contribution >= 4 is 46.2 Å². The minimum atomic E-state index is -1.13. The second-order valence-electron chi connectivity index (χ2n) is 9.94. The maximum absolute atomic E-state index is 13.5. The summed E-state index contributed by atoms with van der Waals surface area (Å²) in [6, 6.07) is 28.9. The van der Waals surface area contributed by atoms with Crippen LogP contribution in [0.2, 0.25) is 0 Å². The number of carboxylic acids is 1. The van der Waals surface area contributed by atoms with Crippen molar-refractivity contribution in [1.29, 1.82) is 0 Å². The van der Waals surface area contributed by atoms with Crippen LogP contribution in [0.1, 0.15) is 39.9 Å². The molecular weight excluding hydrogens is 647 g/mol. The van der Waals surface area contributed by atoms with Crippen LogP contribution in [0, 0.1) is 3.57 Å². The normalized spacial score (nSPS) is 13.4. The van der Waals surface area contributed by atoms with Gasteiger partial charge in [0.25, 0.3) is 0 Å². The van der Waals surface area contributed by atoms with Crippen molar-refractivity contribution in [3.8, 4) is 11.1 Å². The number of carbonyl (C=O) groups excluding carboxylic acids is 2. The van der Waals surface area contributed by atoms with E-state index in [4.69, 9.17) is 9.47 Å². The molecule has 0 saturated heterocycles. The molecule has 4 aromatic carbocycles. The fraction of sp³-hybridized carbons (Fsp3) is 0.182. The largest absolute Gasteiger partial charge is 0.478 e. The summed E-state index contributed by atoms with van der Waals surface area (Å²) in [4.78, 5) is 38.1. The molecule has 1 aliphatic rings. The quantitative estimate of drug-likeness (QED) is 0.167. The molecule has 214 valence electrons.